The average molecular weight is 266 g/mol. The minimum absolute atomic E-state index is 0.285. The molecular formula is C15H30N4. The minimum atomic E-state index is 0.285. The largest absolute Gasteiger partial charge is 0.333 e. The molecule has 1 heterocycles. The van der Waals surface area contributed by atoms with Crippen molar-refractivity contribution in [3.8, 4) is 0 Å². The van der Waals surface area contributed by atoms with Gasteiger partial charge < -0.3 is 10.3 Å². The molecule has 0 aliphatic rings. The first-order valence-corrected chi connectivity index (χ1v) is 7.61. The van der Waals surface area contributed by atoms with Crippen LogP contribution in [0.4, 0.5) is 0 Å². The molecule has 0 bridgehead atoms. The molecule has 2 N–H and O–H groups in total. The summed E-state index contributed by atoms with van der Waals surface area (Å²) in [6.45, 7) is 12.8. The SMILES string of the molecule is CCCn1cncc1C(CN)N(CC)CC(C)CC. The summed E-state index contributed by atoms with van der Waals surface area (Å²) in [6, 6.07) is 0.285. The van der Waals surface area contributed by atoms with Crippen molar-refractivity contribution in [3.63, 3.8) is 0 Å². The van der Waals surface area contributed by atoms with Crippen LogP contribution in [0.1, 0.15) is 52.3 Å². The molecule has 0 fully saturated rings. The third-order valence-corrected chi connectivity index (χ3v) is 3.86. The van der Waals surface area contributed by atoms with Gasteiger partial charge in [0, 0.05) is 25.8 Å². The van der Waals surface area contributed by atoms with Crippen LogP contribution < -0.4 is 5.73 Å². The van der Waals surface area contributed by atoms with Crippen molar-refractivity contribution in [2.45, 2.75) is 53.1 Å². The summed E-state index contributed by atoms with van der Waals surface area (Å²) < 4.78 is 2.25. The zero-order valence-corrected chi connectivity index (χ0v) is 13.0. The van der Waals surface area contributed by atoms with Gasteiger partial charge in [-0.1, -0.05) is 34.1 Å². The van der Waals surface area contributed by atoms with E-state index in [-0.39, 0.29) is 6.04 Å². The predicted molar refractivity (Wildman–Crippen MR) is 81.0 cm³/mol. The number of rotatable bonds is 9. The van der Waals surface area contributed by atoms with Gasteiger partial charge in [-0.25, -0.2) is 4.98 Å². The van der Waals surface area contributed by atoms with Crippen LogP contribution >= 0.6 is 0 Å². The second-order valence-corrected chi connectivity index (χ2v) is 5.36. The Morgan fingerprint density at radius 3 is 2.63 bits per heavy atom. The van der Waals surface area contributed by atoms with E-state index in [9.17, 15) is 0 Å². The summed E-state index contributed by atoms with van der Waals surface area (Å²) in [5.41, 5.74) is 7.30. The van der Waals surface area contributed by atoms with Crippen molar-refractivity contribution < 1.29 is 0 Å². The first-order valence-electron chi connectivity index (χ1n) is 7.61. The predicted octanol–water partition coefficient (Wildman–Crippen LogP) is 2.66. The van der Waals surface area contributed by atoms with Crippen LogP contribution in [0.25, 0.3) is 0 Å². The summed E-state index contributed by atoms with van der Waals surface area (Å²) in [4.78, 5) is 6.79. The van der Waals surface area contributed by atoms with E-state index in [0.717, 1.165) is 26.1 Å². The molecule has 19 heavy (non-hydrogen) atoms. The van der Waals surface area contributed by atoms with Crippen molar-refractivity contribution in [3.05, 3.63) is 18.2 Å². The normalized spacial score (nSPS) is 14.8. The van der Waals surface area contributed by atoms with Gasteiger partial charge in [-0.15, -0.1) is 0 Å². The Balaban J connectivity index is 2.86. The van der Waals surface area contributed by atoms with Gasteiger partial charge in [-0.05, 0) is 18.9 Å². The molecule has 1 aromatic heterocycles. The van der Waals surface area contributed by atoms with Gasteiger partial charge in [0.25, 0.3) is 0 Å². The maximum atomic E-state index is 6.04. The molecule has 1 aromatic rings. The lowest BCUT2D eigenvalue weighted by Gasteiger charge is -2.32. The van der Waals surface area contributed by atoms with Gasteiger partial charge in [0.2, 0.25) is 0 Å². The molecule has 4 heteroatoms. The molecule has 0 saturated carbocycles. The summed E-state index contributed by atoms with van der Waals surface area (Å²) in [5, 5.41) is 0. The molecule has 0 saturated heterocycles. The third kappa shape index (κ3) is 4.32. The Labute approximate surface area is 118 Å². The smallest absolute Gasteiger partial charge is 0.0948 e. The molecule has 0 radical (unpaired) electrons. The number of nitrogens with zero attached hydrogens (tertiary/aromatic N) is 3. The second kappa shape index (κ2) is 8.33. The van der Waals surface area contributed by atoms with E-state index >= 15 is 0 Å². The number of nitrogens with two attached hydrogens (primary N) is 1. The standard InChI is InChI=1S/C15H30N4/c1-5-8-19-12-17-10-15(19)14(9-16)18(7-3)11-13(4)6-2/h10,12-14H,5-9,11,16H2,1-4H3. The molecule has 0 aliphatic carbocycles. The Hall–Kier alpha value is -0.870. The summed E-state index contributed by atoms with van der Waals surface area (Å²) in [7, 11) is 0. The van der Waals surface area contributed by atoms with Crippen molar-refractivity contribution in [1.82, 2.24) is 14.5 Å². The zero-order chi connectivity index (χ0) is 14.3. The van der Waals surface area contributed by atoms with Gasteiger partial charge in [-0.2, -0.15) is 0 Å². The Morgan fingerprint density at radius 1 is 1.37 bits per heavy atom. The van der Waals surface area contributed by atoms with Crippen LogP contribution in [-0.2, 0) is 6.54 Å². The van der Waals surface area contributed by atoms with Crippen LogP contribution in [-0.4, -0.2) is 34.1 Å². The third-order valence-electron chi connectivity index (χ3n) is 3.86. The molecule has 0 spiro atoms. The van der Waals surface area contributed by atoms with Gasteiger partial charge in [0.15, 0.2) is 0 Å². The quantitative estimate of drug-likeness (QED) is 0.747. The van der Waals surface area contributed by atoms with Crippen LogP contribution in [0, 0.1) is 5.92 Å². The fourth-order valence-corrected chi connectivity index (χ4v) is 2.50. The molecule has 2 unspecified atom stereocenters. The Bertz CT molecular complexity index is 348. The topological polar surface area (TPSA) is 47.1 Å². The number of imidazole rings is 1. The molecule has 0 aliphatic heterocycles. The second-order valence-electron chi connectivity index (χ2n) is 5.36. The zero-order valence-electron chi connectivity index (χ0n) is 13.0. The van der Waals surface area contributed by atoms with Gasteiger partial charge in [0.1, 0.15) is 0 Å². The lowest BCUT2D eigenvalue weighted by molar-refractivity contribution is 0.176. The van der Waals surface area contributed by atoms with E-state index in [2.05, 4.69) is 42.1 Å². The number of likely N-dealkylation sites (N-methyl/N-ethyl adjacent to an activating group) is 1. The fourth-order valence-electron chi connectivity index (χ4n) is 2.50. The first kappa shape index (κ1) is 16.2. The minimum Gasteiger partial charge on any atom is -0.333 e. The number of aryl methyl sites for hydroxylation is 1. The highest BCUT2D eigenvalue weighted by Crippen LogP contribution is 2.21. The lowest BCUT2D eigenvalue weighted by atomic mass is 10.1. The van der Waals surface area contributed by atoms with Gasteiger partial charge in [0.05, 0.1) is 18.1 Å². The van der Waals surface area contributed by atoms with Crippen molar-refractivity contribution >= 4 is 0 Å². The highest BCUT2D eigenvalue weighted by molar-refractivity contribution is 5.06. The van der Waals surface area contributed by atoms with Crippen LogP contribution in [0.3, 0.4) is 0 Å². The molecule has 4 nitrogen and oxygen atoms in total. The van der Waals surface area contributed by atoms with Crippen LogP contribution in [0.2, 0.25) is 0 Å². The Kier molecular flexibility index (Phi) is 7.10. The first-order chi connectivity index (χ1) is 9.17. The van der Waals surface area contributed by atoms with Crippen molar-refractivity contribution in [2.24, 2.45) is 11.7 Å². The molecule has 110 valence electrons. The van der Waals surface area contributed by atoms with Gasteiger partial charge in [-0.3, -0.25) is 4.90 Å². The average Bonchev–Trinajstić information content (AvgIpc) is 2.87. The number of hydrogen-bond donors (Lipinski definition) is 1. The van der Waals surface area contributed by atoms with E-state index in [0.29, 0.717) is 12.5 Å². The van der Waals surface area contributed by atoms with Gasteiger partial charge >= 0.3 is 0 Å². The van der Waals surface area contributed by atoms with E-state index in [1.807, 2.05) is 12.5 Å². The summed E-state index contributed by atoms with van der Waals surface area (Å²) in [6.07, 6.45) is 6.24. The molecule has 0 aromatic carbocycles. The van der Waals surface area contributed by atoms with Crippen molar-refractivity contribution in [1.29, 1.82) is 0 Å². The Morgan fingerprint density at radius 2 is 2.11 bits per heavy atom. The van der Waals surface area contributed by atoms with E-state index in [4.69, 9.17) is 5.73 Å². The summed E-state index contributed by atoms with van der Waals surface area (Å²) in [5.74, 6) is 0.705. The molecule has 0 amide bonds. The maximum absolute atomic E-state index is 6.04. The molecule has 1 rings (SSSR count). The van der Waals surface area contributed by atoms with Crippen LogP contribution in [0.5, 0.6) is 0 Å². The van der Waals surface area contributed by atoms with E-state index in [1.54, 1.807) is 0 Å². The van der Waals surface area contributed by atoms with Crippen molar-refractivity contribution in [2.75, 3.05) is 19.6 Å². The van der Waals surface area contributed by atoms with E-state index < -0.39 is 0 Å². The molecular weight excluding hydrogens is 236 g/mol. The van der Waals surface area contributed by atoms with Crippen LogP contribution in [0.15, 0.2) is 12.5 Å². The monoisotopic (exact) mass is 266 g/mol. The number of hydrogen-bond acceptors (Lipinski definition) is 3. The molecule has 2 atom stereocenters. The summed E-state index contributed by atoms with van der Waals surface area (Å²) >= 11 is 0. The van der Waals surface area contributed by atoms with E-state index in [1.165, 1.54) is 12.1 Å². The highest BCUT2D eigenvalue weighted by Gasteiger charge is 2.22. The highest BCUT2D eigenvalue weighted by atomic mass is 15.2. The number of aromatic nitrogens is 2. The fraction of sp³-hybridized carbons (Fsp3) is 0.800. The lowest BCUT2D eigenvalue weighted by Crippen LogP contribution is -2.37. The maximum Gasteiger partial charge on any atom is 0.0948 e.